The number of carbonyl (C=O) groups excluding carboxylic acids is 2. The molecule has 29 heavy (non-hydrogen) atoms. The molecule has 7 nitrogen and oxygen atoms in total. The Morgan fingerprint density at radius 3 is 2.59 bits per heavy atom. The van der Waals surface area contributed by atoms with E-state index in [4.69, 9.17) is 9.47 Å². The molecule has 0 unspecified atom stereocenters. The number of likely N-dealkylation sites (N-methyl/N-ethyl adjacent to an activating group) is 1. The molecule has 2 aromatic carbocycles. The Labute approximate surface area is 170 Å². The lowest BCUT2D eigenvalue weighted by Gasteiger charge is -2.25. The van der Waals surface area contributed by atoms with Gasteiger partial charge in [0.25, 0.3) is 5.91 Å². The summed E-state index contributed by atoms with van der Waals surface area (Å²) in [5.74, 6) is 0.984. The van der Waals surface area contributed by atoms with E-state index in [9.17, 15) is 9.59 Å². The van der Waals surface area contributed by atoms with E-state index in [-0.39, 0.29) is 24.4 Å². The molecule has 1 aliphatic heterocycles. The van der Waals surface area contributed by atoms with Gasteiger partial charge in [-0.05, 0) is 18.2 Å². The molecule has 152 valence electrons. The molecule has 0 radical (unpaired) electrons. The van der Waals surface area contributed by atoms with Crippen LogP contribution in [-0.2, 0) is 9.59 Å². The lowest BCUT2D eigenvalue weighted by atomic mass is 9.97. The average molecular weight is 395 g/mol. The van der Waals surface area contributed by atoms with Gasteiger partial charge in [-0.1, -0.05) is 30.3 Å². The molecule has 2 amide bonds. The highest BCUT2D eigenvalue weighted by Crippen LogP contribution is 2.37. The second kappa shape index (κ2) is 8.77. The summed E-state index contributed by atoms with van der Waals surface area (Å²) in [6, 6.07) is 14.9. The van der Waals surface area contributed by atoms with Crippen molar-refractivity contribution in [2.75, 3.05) is 27.8 Å². The van der Waals surface area contributed by atoms with Gasteiger partial charge in [0, 0.05) is 31.5 Å². The van der Waals surface area contributed by atoms with E-state index in [2.05, 4.69) is 5.10 Å². The van der Waals surface area contributed by atoms with Gasteiger partial charge in [0.15, 0.2) is 0 Å². The van der Waals surface area contributed by atoms with E-state index < -0.39 is 0 Å². The van der Waals surface area contributed by atoms with Crippen molar-refractivity contribution in [2.24, 2.45) is 5.10 Å². The normalized spacial score (nSPS) is 15.7. The van der Waals surface area contributed by atoms with Crippen molar-refractivity contribution in [3.05, 3.63) is 59.7 Å². The molecule has 0 saturated carbocycles. The van der Waals surface area contributed by atoms with E-state index >= 15 is 0 Å². The van der Waals surface area contributed by atoms with E-state index in [1.807, 2.05) is 48.5 Å². The van der Waals surface area contributed by atoms with E-state index in [0.29, 0.717) is 12.2 Å². The van der Waals surface area contributed by atoms with Crippen molar-refractivity contribution in [1.29, 1.82) is 0 Å². The number of nitrogens with zero attached hydrogens (tertiary/aromatic N) is 3. The number of ether oxygens (including phenoxy) is 2. The number of hydrazone groups is 1. The van der Waals surface area contributed by atoms with Gasteiger partial charge in [-0.3, -0.25) is 9.59 Å². The molecule has 7 heteroatoms. The van der Waals surface area contributed by atoms with Gasteiger partial charge in [0.2, 0.25) is 5.91 Å². The summed E-state index contributed by atoms with van der Waals surface area (Å²) in [6.45, 7) is 1.38. The smallest absolute Gasteiger partial charge is 0.262 e. The Bertz CT molecular complexity index is 941. The first-order chi connectivity index (χ1) is 13.9. The molecule has 0 saturated heterocycles. The van der Waals surface area contributed by atoms with Gasteiger partial charge in [0.1, 0.15) is 18.0 Å². The minimum atomic E-state index is -0.319. The molecule has 0 fully saturated rings. The number of amides is 2. The third-order valence-corrected chi connectivity index (χ3v) is 4.98. The maximum Gasteiger partial charge on any atom is 0.262 e. The summed E-state index contributed by atoms with van der Waals surface area (Å²) >= 11 is 0. The van der Waals surface area contributed by atoms with Crippen molar-refractivity contribution < 1.29 is 19.1 Å². The summed E-state index contributed by atoms with van der Waals surface area (Å²) in [4.78, 5) is 26.0. The summed E-state index contributed by atoms with van der Waals surface area (Å²) in [6.07, 6.45) is 0.531. The van der Waals surface area contributed by atoms with Crippen LogP contribution in [0, 0.1) is 0 Å². The zero-order valence-electron chi connectivity index (χ0n) is 17.1. The van der Waals surface area contributed by atoms with Crippen LogP contribution in [0.1, 0.15) is 30.5 Å². The molecule has 1 heterocycles. The molecule has 0 N–H and O–H groups in total. The van der Waals surface area contributed by atoms with Crippen LogP contribution in [0.5, 0.6) is 11.5 Å². The van der Waals surface area contributed by atoms with Crippen LogP contribution in [0.2, 0.25) is 0 Å². The summed E-state index contributed by atoms with van der Waals surface area (Å²) in [5, 5.41) is 6.09. The second-order valence-electron chi connectivity index (χ2n) is 6.85. The quantitative estimate of drug-likeness (QED) is 0.754. The Morgan fingerprint density at radius 2 is 1.90 bits per heavy atom. The monoisotopic (exact) mass is 395 g/mol. The first-order valence-electron chi connectivity index (χ1n) is 9.33. The third kappa shape index (κ3) is 4.39. The van der Waals surface area contributed by atoms with Gasteiger partial charge >= 0.3 is 0 Å². The van der Waals surface area contributed by atoms with E-state index in [0.717, 1.165) is 22.6 Å². The number of methoxy groups -OCH3 is 2. The van der Waals surface area contributed by atoms with Gasteiger partial charge < -0.3 is 14.4 Å². The molecule has 0 aliphatic carbocycles. The Kier molecular flexibility index (Phi) is 6.16. The highest BCUT2D eigenvalue weighted by atomic mass is 16.5. The minimum absolute atomic E-state index is 0.0458. The van der Waals surface area contributed by atoms with Gasteiger partial charge in [0.05, 0.1) is 26.0 Å². The summed E-state index contributed by atoms with van der Waals surface area (Å²) in [7, 11) is 4.81. The van der Waals surface area contributed by atoms with Crippen LogP contribution < -0.4 is 9.47 Å². The topological polar surface area (TPSA) is 71.4 Å². The Morgan fingerprint density at radius 1 is 1.14 bits per heavy atom. The fraction of sp³-hybridized carbons (Fsp3) is 0.318. The molecule has 0 bridgehead atoms. The van der Waals surface area contributed by atoms with Crippen molar-refractivity contribution >= 4 is 17.5 Å². The van der Waals surface area contributed by atoms with Crippen molar-refractivity contribution in [3.8, 4) is 11.5 Å². The number of hydrogen-bond donors (Lipinski definition) is 0. The fourth-order valence-electron chi connectivity index (χ4n) is 3.29. The van der Waals surface area contributed by atoms with Crippen LogP contribution in [-0.4, -0.2) is 55.2 Å². The number of benzene rings is 2. The third-order valence-electron chi connectivity index (χ3n) is 4.98. The van der Waals surface area contributed by atoms with E-state index in [1.165, 1.54) is 16.8 Å². The van der Waals surface area contributed by atoms with Gasteiger partial charge in [-0.2, -0.15) is 5.10 Å². The maximum atomic E-state index is 13.0. The van der Waals surface area contributed by atoms with Crippen molar-refractivity contribution in [1.82, 2.24) is 9.91 Å². The summed E-state index contributed by atoms with van der Waals surface area (Å²) in [5.41, 5.74) is 2.54. The SMILES string of the molecule is COc1cccc(C2=NN(C(=O)CN(C)C(C)=O)[C@H](c3ccccc3OC)C2)c1. The maximum absolute atomic E-state index is 13.0. The zero-order chi connectivity index (χ0) is 21.0. The lowest BCUT2D eigenvalue weighted by molar-refractivity contribution is -0.139. The Hall–Kier alpha value is -3.35. The highest BCUT2D eigenvalue weighted by Gasteiger charge is 2.35. The molecule has 0 aromatic heterocycles. The first kappa shape index (κ1) is 20.4. The van der Waals surface area contributed by atoms with Gasteiger partial charge in [-0.15, -0.1) is 0 Å². The standard InChI is InChI=1S/C22H25N3O4/c1-15(26)24(2)14-22(27)25-20(18-10-5-6-11-21(18)29-4)13-19(23-25)16-8-7-9-17(12-16)28-3/h5-12,20H,13-14H2,1-4H3/t20-/m0/s1. The number of carbonyl (C=O) groups is 2. The molecule has 0 spiro atoms. The van der Waals surface area contributed by atoms with E-state index in [1.54, 1.807) is 21.3 Å². The van der Waals surface area contributed by atoms with Crippen molar-refractivity contribution in [2.45, 2.75) is 19.4 Å². The van der Waals surface area contributed by atoms with Crippen LogP contribution in [0.4, 0.5) is 0 Å². The molecule has 1 aliphatic rings. The predicted octanol–water partition coefficient (Wildman–Crippen LogP) is 2.86. The van der Waals surface area contributed by atoms with Crippen LogP contribution in [0.25, 0.3) is 0 Å². The van der Waals surface area contributed by atoms with Crippen LogP contribution in [0.15, 0.2) is 53.6 Å². The van der Waals surface area contributed by atoms with Crippen LogP contribution in [0.3, 0.4) is 0 Å². The summed E-state index contributed by atoms with van der Waals surface area (Å²) < 4.78 is 10.8. The highest BCUT2D eigenvalue weighted by molar-refractivity contribution is 6.03. The number of rotatable bonds is 6. The Balaban J connectivity index is 1.98. The fourth-order valence-corrected chi connectivity index (χ4v) is 3.29. The minimum Gasteiger partial charge on any atom is -0.497 e. The predicted molar refractivity (Wildman–Crippen MR) is 110 cm³/mol. The number of para-hydroxylation sites is 1. The molecular formula is C22H25N3O4. The number of hydrogen-bond acceptors (Lipinski definition) is 5. The largest absolute Gasteiger partial charge is 0.497 e. The van der Waals surface area contributed by atoms with Gasteiger partial charge in [-0.25, -0.2) is 5.01 Å². The molecular weight excluding hydrogens is 370 g/mol. The molecule has 2 aromatic rings. The lowest BCUT2D eigenvalue weighted by Crippen LogP contribution is -2.38. The molecule has 1 atom stereocenters. The zero-order valence-corrected chi connectivity index (χ0v) is 17.1. The first-order valence-corrected chi connectivity index (χ1v) is 9.33. The van der Waals surface area contributed by atoms with Crippen molar-refractivity contribution in [3.63, 3.8) is 0 Å². The average Bonchev–Trinajstić information content (AvgIpc) is 3.19. The molecule has 3 rings (SSSR count). The van der Waals surface area contributed by atoms with Crippen LogP contribution >= 0.6 is 0 Å². The second-order valence-corrected chi connectivity index (χ2v) is 6.85.